The number of ketones is 1. The predicted molar refractivity (Wildman–Crippen MR) is 132 cm³/mol. The lowest BCUT2D eigenvalue weighted by Gasteiger charge is -2.26. The zero-order chi connectivity index (χ0) is 26.0. The van der Waals surface area contributed by atoms with Gasteiger partial charge in [-0.1, -0.05) is 44.2 Å². The molecule has 0 aromatic heterocycles. The van der Waals surface area contributed by atoms with Crippen LogP contribution < -0.4 is 4.74 Å². The summed E-state index contributed by atoms with van der Waals surface area (Å²) in [7, 11) is 0. The molecule has 3 aromatic carbocycles. The second-order valence-electron chi connectivity index (χ2n) is 8.92. The van der Waals surface area contributed by atoms with Gasteiger partial charge >= 0.3 is 0 Å². The highest BCUT2D eigenvalue weighted by Crippen LogP contribution is 2.42. The van der Waals surface area contributed by atoms with E-state index in [0.717, 1.165) is 5.56 Å². The Labute approximate surface area is 208 Å². The lowest BCUT2D eigenvalue weighted by molar-refractivity contribution is -0.140. The summed E-state index contributed by atoms with van der Waals surface area (Å²) in [5.41, 5.74) is 1.58. The van der Waals surface area contributed by atoms with E-state index in [-0.39, 0.29) is 23.6 Å². The number of amides is 1. The van der Waals surface area contributed by atoms with Crippen LogP contribution in [0, 0.1) is 11.6 Å². The van der Waals surface area contributed by atoms with Gasteiger partial charge in [0, 0.05) is 17.7 Å². The monoisotopic (exact) mass is 491 g/mol. The normalized spacial score (nSPS) is 17.2. The molecule has 0 saturated carbocycles. The van der Waals surface area contributed by atoms with Crippen LogP contribution in [0.5, 0.6) is 5.75 Å². The van der Waals surface area contributed by atoms with Gasteiger partial charge in [0.1, 0.15) is 23.1 Å². The van der Waals surface area contributed by atoms with Crippen molar-refractivity contribution in [3.05, 3.63) is 106 Å². The number of Topliss-reactive ketones (excluding diaryl/α,β-unsaturated/α-hetero) is 1. The van der Waals surface area contributed by atoms with E-state index in [9.17, 15) is 23.5 Å². The Bertz CT molecular complexity index is 1330. The van der Waals surface area contributed by atoms with Crippen molar-refractivity contribution in [3.8, 4) is 5.75 Å². The molecule has 1 amide bonds. The van der Waals surface area contributed by atoms with Crippen LogP contribution in [-0.2, 0) is 16.1 Å². The molecule has 3 aromatic rings. The molecule has 1 heterocycles. The highest BCUT2D eigenvalue weighted by molar-refractivity contribution is 6.46. The van der Waals surface area contributed by atoms with Crippen molar-refractivity contribution in [2.45, 2.75) is 39.3 Å². The van der Waals surface area contributed by atoms with Gasteiger partial charge in [0.25, 0.3) is 11.7 Å². The zero-order valence-corrected chi connectivity index (χ0v) is 20.3. The molecule has 7 heteroatoms. The summed E-state index contributed by atoms with van der Waals surface area (Å²) < 4.78 is 34.1. The van der Waals surface area contributed by atoms with Crippen LogP contribution in [0.3, 0.4) is 0 Å². The van der Waals surface area contributed by atoms with Crippen LogP contribution in [0.4, 0.5) is 8.78 Å². The summed E-state index contributed by atoms with van der Waals surface area (Å²) in [6, 6.07) is 15.2. The van der Waals surface area contributed by atoms with Gasteiger partial charge in [0.05, 0.1) is 18.2 Å². The fourth-order valence-electron chi connectivity index (χ4n) is 4.44. The fraction of sp³-hybridized carbons (Fsp3) is 0.241. The van der Waals surface area contributed by atoms with Crippen molar-refractivity contribution >= 4 is 17.4 Å². The second-order valence-corrected chi connectivity index (χ2v) is 8.92. The first-order valence-electron chi connectivity index (χ1n) is 11.8. The van der Waals surface area contributed by atoms with Gasteiger partial charge in [0.15, 0.2) is 0 Å². The molecule has 0 bridgehead atoms. The van der Waals surface area contributed by atoms with Gasteiger partial charge in [-0.2, -0.15) is 0 Å². The Hall–Kier alpha value is -4.00. The Morgan fingerprint density at radius 3 is 2.36 bits per heavy atom. The number of aliphatic hydroxyl groups is 1. The lowest BCUT2D eigenvalue weighted by Crippen LogP contribution is -2.29. The molecule has 0 aliphatic carbocycles. The first-order valence-corrected chi connectivity index (χ1v) is 11.8. The molecule has 1 atom stereocenters. The van der Waals surface area contributed by atoms with Gasteiger partial charge in [-0.3, -0.25) is 9.59 Å². The minimum Gasteiger partial charge on any atom is -0.507 e. The summed E-state index contributed by atoms with van der Waals surface area (Å²) in [5, 5.41) is 11.3. The molecule has 186 valence electrons. The standard InChI is InChI=1S/C29H27F2NO4/c1-4-36-24-14-11-19(15-22(24)17(2)3)27(33)25-26(21-7-5-6-8-23(21)31)32(29(35)28(25)34)16-18-9-12-20(30)13-10-18/h5-15,17,26,33H,4,16H2,1-3H3/b27-25+. The van der Waals surface area contributed by atoms with Crippen LogP contribution in [0.15, 0.2) is 72.3 Å². The average molecular weight is 492 g/mol. The van der Waals surface area contributed by atoms with Crippen molar-refractivity contribution in [1.82, 2.24) is 4.90 Å². The topological polar surface area (TPSA) is 66.8 Å². The fourth-order valence-corrected chi connectivity index (χ4v) is 4.44. The minimum atomic E-state index is -1.16. The number of aliphatic hydroxyl groups excluding tert-OH is 1. The minimum absolute atomic E-state index is 0.0579. The Morgan fingerprint density at radius 1 is 1.03 bits per heavy atom. The zero-order valence-electron chi connectivity index (χ0n) is 20.3. The largest absolute Gasteiger partial charge is 0.507 e. The maximum atomic E-state index is 15.0. The molecular weight excluding hydrogens is 464 g/mol. The Kier molecular flexibility index (Phi) is 7.20. The molecule has 1 fully saturated rings. The van der Waals surface area contributed by atoms with Crippen LogP contribution in [-0.4, -0.2) is 28.3 Å². The van der Waals surface area contributed by atoms with E-state index >= 15 is 0 Å². The van der Waals surface area contributed by atoms with Crippen molar-refractivity contribution in [2.75, 3.05) is 6.61 Å². The van der Waals surface area contributed by atoms with Crippen LogP contribution in [0.1, 0.15) is 55.0 Å². The molecule has 1 saturated heterocycles. The van der Waals surface area contributed by atoms with E-state index in [1.807, 2.05) is 20.8 Å². The van der Waals surface area contributed by atoms with Gasteiger partial charge < -0.3 is 14.7 Å². The van der Waals surface area contributed by atoms with Gasteiger partial charge in [-0.25, -0.2) is 8.78 Å². The van der Waals surface area contributed by atoms with E-state index < -0.39 is 35.1 Å². The van der Waals surface area contributed by atoms with E-state index in [0.29, 0.717) is 23.5 Å². The lowest BCUT2D eigenvalue weighted by atomic mass is 9.93. The van der Waals surface area contributed by atoms with Crippen LogP contribution in [0.2, 0.25) is 0 Å². The number of carbonyl (C=O) groups is 2. The number of rotatable bonds is 7. The van der Waals surface area contributed by atoms with Crippen molar-refractivity contribution in [1.29, 1.82) is 0 Å². The average Bonchev–Trinajstić information content (AvgIpc) is 3.10. The van der Waals surface area contributed by atoms with Gasteiger partial charge in [0.2, 0.25) is 0 Å². The summed E-state index contributed by atoms with van der Waals surface area (Å²) in [6.45, 7) is 6.22. The third kappa shape index (κ3) is 4.73. The molecule has 1 aliphatic heterocycles. The quantitative estimate of drug-likeness (QED) is 0.246. The number of ether oxygens (including phenoxy) is 1. The molecule has 5 nitrogen and oxygen atoms in total. The SMILES string of the molecule is CCOc1ccc(/C(O)=C2\C(=O)C(=O)N(Cc3ccc(F)cc3)C2c2ccccc2F)cc1C(C)C. The molecule has 1 unspecified atom stereocenters. The Morgan fingerprint density at radius 2 is 1.72 bits per heavy atom. The molecule has 4 rings (SSSR count). The van der Waals surface area contributed by atoms with Gasteiger partial charge in [-0.05, 0) is 60.4 Å². The smallest absolute Gasteiger partial charge is 0.295 e. The Balaban J connectivity index is 1.87. The van der Waals surface area contributed by atoms with E-state index in [2.05, 4.69) is 0 Å². The summed E-state index contributed by atoms with van der Waals surface area (Å²) in [6.07, 6.45) is 0. The van der Waals surface area contributed by atoms with Crippen molar-refractivity contribution in [2.24, 2.45) is 0 Å². The molecule has 1 N–H and O–H groups in total. The molecule has 0 spiro atoms. The third-order valence-corrected chi connectivity index (χ3v) is 6.21. The van der Waals surface area contributed by atoms with E-state index in [1.54, 1.807) is 24.3 Å². The predicted octanol–water partition coefficient (Wildman–Crippen LogP) is 6.11. The number of hydrogen-bond donors (Lipinski definition) is 1. The number of nitrogens with zero attached hydrogens (tertiary/aromatic N) is 1. The first-order chi connectivity index (χ1) is 17.2. The highest BCUT2D eigenvalue weighted by atomic mass is 19.1. The first kappa shape index (κ1) is 25.1. The third-order valence-electron chi connectivity index (χ3n) is 6.21. The van der Waals surface area contributed by atoms with Crippen LogP contribution in [0.25, 0.3) is 5.76 Å². The van der Waals surface area contributed by atoms with Crippen LogP contribution >= 0.6 is 0 Å². The maximum Gasteiger partial charge on any atom is 0.295 e. The molecule has 1 aliphatic rings. The van der Waals surface area contributed by atoms with E-state index in [1.165, 1.54) is 47.4 Å². The van der Waals surface area contributed by atoms with Crippen molar-refractivity contribution in [3.63, 3.8) is 0 Å². The van der Waals surface area contributed by atoms with E-state index in [4.69, 9.17) is 4.74 Å². The molecule has 36 heavy (non-hydrogen) atoms. The van der Waals surface area contributed by atoms with Gasteiger partial charge in [-0.15, -0.1) is 0 Å². The number of benzene rings is 3. The number of halogens is 2. The van der Waals surface area contributed by atoms with Crippen molar-refractivity contribution < 1.29 is 28.2 Å². The second kappa shape index (κ2) is 10.3. The number of likely N-dealkylation sites (tertiary alicyclic amines) is 1. The summed E-state index contributed by atoms with van der Waals surface area (Å²) in [5.74, 6) is -2.52. The maximum absolute atomic E-state index is 15.0. The molecule has 0 radical (unpaired) electrons. The number of hydrogen-bond acceptors (Lipinski definition) is 4. The summed E-state index contributed by atoms with van der Waals surface area (Å²) >= 11 is 0. The highest BCUT2D eigenvalue weighted by Gasteiger charge is 2.47. The number of carbonyl (C=O) groups excluding carboxylic acids is 2. The molecular formula is C29H27F2NO4. The summed E-state index contributed by atoms with van der Waals surface area (Å²) in [4.78, 5) is 27.6.